The number of hydrogen-bond donors (Lipinski definition) is 3. The molecule has 3 heterocycles. The van der Waals surface area contributed by atoms with Crippen LogP contribution in [-0.4, -0.2) is 69.0 Å². The summed E-state index contributed by atoms with van der Waals surface area (Å²) in [5.41, 5.74) is -0.898. The van der Waals surface area contributed by atoms with Crippen LogP contribution in [0, 0.1) is 17.3 Å². The number of halogens is 1. The summed E-state index contributed by atoms with van der Waals surface area (Å²) in [4.78, 5) is 43.4. The molecule has 1 aromatic rings. The van der Waals surface area contributed by atoms with E-state index >= 15 is 0 Å². The fourth-order valence-electron chi connectivity index (χ4n) is 7.24. The van der Waals surface area contributed by atoms with E-state index in [0.717, 1.165) is 19.3 Å². The van der Waals surface area contributed by atoms with Gasteiger partial charge in [-0.05, 0) is 57.1 Å². The van der Waals surface area contributed by atoms with E-state index in [2.05, 4.69) is 47.3 Å². The highest BCUT2D eigenvalue weighted by atomic mass is 79.9. The lowest BCUT2D eigenvalue weighted by molar-refractivity contribution is -0.142. The van der Waals surface area contributed by atoms with E-state index in [9.17, 15) is 14.4 Å². The van der Waals surface area contributed by atoms with Gasteiger partial charge in [0.25, 0.3) is 0 Å². The Labute approximate surface area is 240 Å². The first-order chi connectivity index (χ1) is 18.3. The maximum Gasteiger partial charge on any atom is 0.246 e. The Morgan fingerprint density at radius 3 is 2.38 bits per heavy atom. The number of aliphatic hydroxyl groups excluding tert-OH is 1. The van der Waals surface area contributed by atoms with E-state index in [4.69, 9.17) is 9.84 Å². The fourth-order valence-corrected chi connectivity index (χ4v) is 8.18. The molecule has 3 unspecified atom stereocenters. The third-order valence-electron chi connectivity index (χ3n) is 8.12. The lowest BCUT2D eigenvalue weighted by Crippen LogP contribution is -2.59. The summed E-state index contributed by atoms with van der Waals surface area (Å²) in [6.45, 7) is 11.0. The van der Waals surface area contributed by atoms with E-state index < -0.39 is 35.1 Å². The monoisotopic (exact) mass is 605 g/mol. The summed E-state index contributed by atoms with van der Waals surface area (Å²) < 4.78 is 6.60. The Balaban J connectivity index is 1.64. The maximum atomic E-state index is 14.1. The van der Waals surface area contributed by atoms with Gasteiger partial charge in [-0.1, -0.05) is 67.7 Å². The molecule has 216 valence electrons. The number of ether oxygens (including phenoxy) is 1. The predicted octanol–water partition coefficient (Wildman–Crippen LogP) is 4.26. The normalized spacial score (nSPS) is 30.0. The number of anilines is 1. The van der Waals surface area contributed by atoms with Crippen molar-refractivity contribution in [2.24, 2.45) is 17.3 Å². The molecular formula is C30H44BrN3O5. The second-order valence-corrected chi connectivity index (χ2v) is 14.5. The molecule has 3 N–H and O–H groups in total. The van der Waals surface area contributed by atoms with E-state index in [-0.39, 0.29) is 34.6 Å². The van der Waals surface area contributed by atoms with Gasteiger partial charge in [-0.15, -0.1) is 0 Å². The molecule has 1 aromatic carbocycles. The summed E-state index contributed by atoms with van der Waals surface area (Å²) in [7, 11) is 0. The van der Waals surface area contributed by atoms with Gasteiger partial charge in [-0.2, -0.15) is 0 Å². The SMILES string of the molecule is CC(C)(C)CC(C)(C)NC(=O)C1N(CCCCCCO)C(=O)[C@@H]2[C@H](C(=O)Nc3ccccc3)[C@H]3OC12CC3Br. The number of unbranched alkanes of at least 4 members (excludes halogenated alkanes) is 3. The zero-order chi connectivity index (χ0) is 28.6. The molecule has 3 amide bonds. The second-order valence-electron chi connectivity index (χ2n) is 13.3. The number of hydrogen-bond acceptors (Lipinski definition) is 5. The Morgan fingerprint density at radius 2 is 1.74 bits per heavy atom. The van der Waals surface area contributed by atoms with Crippen LogP contribution in [0.5, 0.6) is 0 Å². The molecule has 2 bridgehead atoms. The molecule has 3 aliphatic heterocycles. The largest absolute Gasteiger partial charge is 0.396 e. The van der Waals surface area contributed by atoms with Gasteiger partial charge in [-0.3, -0.25) is 14.4 Å². The number of nitrogens with zero attached hydrogens (tertiary/aromatic N) is 1. The summed E-state index contributed by atoms with van der Waals surface area (Å²) >= 11 is 3.73. The first kappa shape index (κ1) is 30.0. The average Bonchev–Trinajstić information content (AvgIpc) is 3.41. The number of para-hydroxylation sites is 1. The molecule has 3 saturated heterocycles. The Hall–Kier alpha value is -1.97. The molecule has 39 heavy (non-hydrogen) atoms. The van der Waals surface area contributed by atoms with Crippen molar-refractivity contribution in [2.45, 2.75) is 101 Å². The van der Waals surface area contributed by atoms with Crippen LogP contribution in [0.2, 0.25) is 0 Å². The minimum atomic E-state index is -1.07. The van der Waals surface area contributed by atoms with Crippen LogP contribution < -0.4 is 10.6 Å². The number of likely N-dealkylation sites (tertiary alicyclic amines) is 1. The van der Waals surface area contributed by atoms with E-state index in [1.807, 2.05) is 44.2 Å². The number of carbonyl (C=O) groups excluding carboxylic acids is 3. The third-order valence-corrected chi connectivity index (χ3v) is 8.97. The summed E-state index contributed by atoms with van der Waals surface area (Å²) in [5, 5.41) is 15.4. The van der Waals surface area contributed by atoms with Crippen molar-refractivity contribution < 1.29 is 24.2 Å². The lowest BCUT2D eigenvalue weighted by atomic mass is 9.70. The van der Waals surface area contributed by atoms with Crippen LogP contribution in [0.25, 0.3) is 0 Å². The molecule has 0 saturated carbocycles. The zero-order valence-corrected chi connectivity index (χ0v) is 25.4. The third kappa shape index (κ3) is 6.20. The highest BCUT2D eigenvalue weighted by Crippen LogP contribution is 2.60. The molecule has 3 aliphatic rings. The number of carbonyl (C=O) groups is 3. The number of alkyl halides is 1. The lowest BCUT2D eigenvalue weighted by Gasteiger charge is -2.38. The molecule has 8 nitrogen and oxygen atoms in total. The van der Waals surface area contributed by atoms with Crippen LogP contribution in [0.4, 0.5) is 5.69 Å². The maximum absolute atomic E-state index is 14.1. The van der Waals surface area contributed by atoms with Crippen LogP contribution in [0.1, 0.15) is 73.1 Å². The van der Waals surface area contributed by atoms with Crippen molar-refractivity contribution in [3.63, 3.8) is 0 Å². The standard InChI is InChI=1S/C30H44BrN3O5/c1-28(2,3)18-29(4,5)33-26(37)24-30-17-20(31)23(39-30)21(25(36)32-19-13-9-8-10-14-19)22(30)27(38)34(24)15-11-6-7-12-16-35/h8-10,13-14,20-24,35H,6-7,11-12,15-18H2,1-5H3,(H,32,36)(H,33,37)/t20?,21-,22-,23-,24?,30?/m0/s1. The van der Waals surface area contributed by atoms with Crippen molar-refractivity contribution in [1.82, 2.24) is 10.2 Å². The highest BCUT2D eigenvalue weighted by molar-refractivity contribution is 9.09. The van der Waals surface area contributed by atoms with Gasteiger partial charge in [0.15, 0.2) is 0 Å². The van der Waals surface area contributed by atoms with Crippen LogP contribution in [-0.2, 0) is 19.1 Å². The van der Waals surface area contributed by atoms with Crippen molar-refractivity contribution in [3.8, 4) is 0 Å². The highest BCUT2D eigenvalue weighted by Gasteiger charge is 2.76. The molecule has 0 radical (unpaired) electrons. The zero-order valence-electron chi connectivity index (χ0n) is 23.8. The van der Waals surface area contributed by atoms with Gasteiger partial charge in [0, 0.05) is 29.2 Å². The van der Waals surface area contributed by atoms with Gasteiger partial charge >= 0.3 is 0 Å². The summed E-state index contributed by atoms with van der Waals surface area (Å²) in [6, 6.07) is 8.39. The van der Waals surface area contributed by atoms with Gasteiger partial charge in [0.1, 0.15) is 11.6 Å². The quantitative estimate of drug-likeness (QED) is 0.258. The minimum Gasteiger partial charge on any atom is -0.396 e. The predicted molar refractivity (Wildman–Crippen MR) is 154 cm³/mol. The van der Waals surface area contributed by atoms with Crippen molar-refractivity contribution in [1.29, 1.82) is 0 Å². The number of fused-ring (bicyclic) bond motifs is 1. The first-order valence-corrected chi connectivity index (χ1v) is 15.1. The molecule has 9 heteroatoms. The number of nitrogens with one attached hydrogen (secondary N) is 2. The number of rotatable bonds is 11. The second kappa shape index (κ2) is 11.5. The van der Waals surface area contributed by atoms with Crippen molar-refractivity contribution in [3.05, 3.63) is 30.3 Å². The molecular weight excluding hydrogens is 562 g/mol. The minimum absolute atomic E-state index is 0.000616. The molecule has 6 atom stereocenters. The summed E-state index contributed by atoms with van der Waals surface area (Å²) in [5.74, 6) is -2.08. The number of benzene rings is 1. The van der Waals surface area contributed by atoms with Gasteiger partial charge in [0.05, 0.1) is 17.9 Å². The smallest absolute Gasteiger partial charge is 0.246 e. The van der Waals surface area contributed by atoms with Crippen LogP contribution >= 0.6 is 15.9 Å². The van der Waals surface area contributed by atoms with Gasteiger partial charge in [-0.25, -0.2) is 0 Å². The van der Waals surface area contributed by atoms with Crippen LogP contribution in [0.3, 0.4) is 0 Å². The van der Waals surface area contributed by atoms with E-state index in [1.54, 1.807) is 4.90 Å². The Morgan fingerprint density at radius 1 is 1.08 bits per heavy atom. The molecule has 3 fully saturated rings. The summed E-state index contributed by atoms with van der Waals surface area (Å²) in [6.07, 6.45) is 3.88. The van der Waals surface area contributed by atoms with Crippen molar-refractivity contribution >= 4 is 39.3 Å². The molecule has 0 aromatic heterocycles. The molecule has 4 rings (SSSR count). The average molecular weight is 607 g/mol. The topological polar surface area (TPSA) is 108 Å². The van der Waals surface area contributed by atoms with Gasteiger partial charge < -0.3 is 25.4 Å². The first-order valence-electron chi connectivity index (χ1n) is 14.2. The van der Waals surface area contributed by atoms with Crippen LogP contribution in [0.15, 0.2) is 30.3 Å². The van der Waals surface area contributed by atoms with E-state index in [1.165, 1.54) is 0 Å². The number of amides is 3. The fraction of sp³-hybridized carbons (Fsp3) is 0.700. The molecule has 0 aliphatic carbocycles. The number of aliphatic hydroxyl groups is 1. The van der Waals surface area contributed by atoms with E-state index in [0.29, 0.717) is 31.5 Å². The van der Waals surface area contributed by atoms with Gasteiger partial charge in [0.2, 0.25) is 17.7 Å². The molecule has 1 spiro atoms. The van der Waals surface area contributed by atoms with Crippen molar-refractivity contribution in [2.75, 3.05) is 18.5 Å². The Kier molecular flexibility index (Phi) is 8.84. The Bertz CT molecular complexity index is 1060.